The van der Waals surface area contributed by atoms with Crippen LogP contribution < -0.4 is 5.32 Å². The number of halogens is 2. The van der Waals surface area contributed by atoms with E-state index in [1.54, 1.807) is 24.3 Å². The van der Waals surface area contributed by atoms with Crippen molar-refractivity contribution in [2.24, 2.45) is 0 Å². The molecule has 1 aromatic heterocycles. The number of carbonyl (C=O) groups excluding carboxylic acids is 1. The van der Waals surface area contributed by atoms with Gasteiger partial charge in [-0.2, -0.15) is 8.78 Å². The molecule has 1 N–H and O–H groups in total. The lowest BCUT2D eigenvalue weighted by Crippen LogP contribution is -2.15. The van der Waals surface area contributed by atoms with Crippen molar-refractivity contribution in [1.29, 1.82) is 0 Å². The predicted octanol–water partition coefficient (Wildman–Crippen LogP) is 3.01. The third-order valence-electron chi connectivity index (χ3n) is 3.48. The largest absolute Gasteiger partial charge is 0.356 e. The first-order chi connectivity index (χ1) is 11.9. The lowest BCUT2D eigenvalue weighted by molar-refractivity contribution is -0.115. The van der Waals surface area contributed by atoms with E-state index < -0.39 is 26.4 Å². The first-order valence-electron chi connectivity index (χ1n) is 7.13. The molecule has 130 valence electrons. The number of fused-ring (bicyclic) bond motifs is 1. The van der Waals surface area contributed by atoms with Gasteiger partial charge in [-0.25, -0.2) is 8.42 Å². The summed E-state index contributed by atoms with van der Waals surface area (Å²) in [5.41, 5.74) is 1.31. The van der Waals surface area contributed by atoms with Crippen LogP contribution in [-0.4, -0.2) is 25.2 Å². The minimum absolute atomic E-state index is 0.0475. The molecule has 0 aliphatic heterocycles. The highest BCUT2D eigenvalue weighted by Crippen LogP contribution is 2.21. The number of carbonyl (C=O) groups is 1. The van der Waals surface area contributed by atoms with E-state index in [1.807, 2.05) is 0 Å². The number of benzene rings is 2. The van der Waals surface area contributed by atoms with Gasteiger partial charge < -0.3 is 9.84 Å². The van der Waals surface area contributed by atoms with Crippen molar-refractivity contribution in [1.82, 2.24) is 5.16 Å². The molecule has 0 aliphatic carbocycles. The van der Waals surface area contributed by atoms with Crippen LogP contribution in [0.1, 0.15) is 5.69 Å². The van der Waals surface area contributed by atoms with E-state index in [0.717, 1.165) is 17.5 Å². The van der Waals surface area contributed by atoms with Crippen LogP contribution in [0.25, 0.3) is 11.0 Å². The van der Waals surface area contributed by atoms with Gasteiger partial charge in [-0.05, 0) is 36.4 Å². The minimum Gasteiger partial charge on any atom is -0.356 e. The Hall–Kier alpha value is -2.81. The summed E-state index contributed by atoms with van der Waals surface area (Å²) in [6.45, 7) is 0. The number of nitrogens with one attached hydrogen (secondary N) is 1. The molecule has 0 aliphatic rings. The molecule has 0 saturated heterocycles. The van der Waals surface area contributed by atoms with Gasteiger partial charge in [0, 0.05) is 11.1 Å². The van der Waals surface area contributed by atoms with Crippen molar-refractivity contribution in [3.05, 3.63) is 54.2 Å². The maximum atomic E-state index is 12.5. The average molecular weight is 366 g/mol. The predicted molar refractivity (Wildman–Crippen MR) is 86.0 cm³/mol. The first-order valence-corrected chi connectivity index (χ1v) is 8.68. The van der Waals surface area contributed by atoms with Crippen LogP contribution in [0.3, 0.4) is 0 Å². The zero-order valence-electron chi connectivity index (χ0n) is 12.6. The second-order valence-corrected chi connectivity index (χ2v) is 7.10. The van der Waals surface area contributed by atoms with Gasteiger partial charge in [-0.15, -0.1) is 0 Å². The number of hydrogen-bond acceptors (Lipinski definition) is 5. The van der Waals surface area contributed by atoms with Crippen molar-refractivity contribution in [2.45, 2.75) is 17.1 Å². The van der Waals surface area contributed by atoms with E-state index in [0.29, 0.717) is 11.3 Å². The highest BCUT2D eigenvalue weighted by Gasteiger charge is 2.26. The summed E-state index contributed by atoms with van der Waals surface area (Å²) in [6.07, 6.45) is -0.0475. The van der Waals surface area contributed by atoms with Gasteiger partial charge in [-0.3, -0.25) is 4.79 Å². The van der Waals surface area contributed by atoms with E-state index >= 15 is 0 Å². The molecule has 25 heavy (non-hydrogen) atoms. The lowest BCUT2D eigenvalue weighted by atomic mass is 10.1. The highest BCUT2D eigenvalue weighted by atomic mass is 32.2. The number of hydrogen-bond donors (Lipinski definition) is 1. The van der Waals surface area contributed by atoms with Crippen LogP contribution in [0.2, 0.25) is 0 Å². The molecular weight excluding hydrogens is 354 g/mol. The third-order valence-corrected chi connectivity index (χ3v) is 4.88. The van der Waals surface area contributed by atoms with Crippen LogP contribution in [0.15, 0.2) is 57.9 Å². The van der Waals surface area contributed by atoms with Crippen molar-refractivity contribution in [3.8, 4) is 0 Å². The van der Waals surface area contributed by atoms with Gasteiger partial charge in [-0.1, -0.05) is 17.3 Å². The summed E-state index contributed by atoms with van der Waals surface area (Å²) in [5.74, 6) is -3.89. The molecule has 0 saturated carbocycles. The van der Waals surface area contributed by atoms with E-state index in [9.17, 15) is 22.0 Å². The lowest BCUT2D eigenvalue weighted by Gasteiger charge is -2.06. The van der Waals surface area contributed by atoms with E-state index in [1.165, 1.54) is 12.1 Å². The molecule has 3 aromatic rings. The Bertz CT molecular complexity index is 1010. The Morgan fingerprint density at radius 1 is 1.12 bits per heavy atom. The number of alkyl halides is 2. The molecule has 0 radical (unpaired) electrons. The van der Waals surface area contributed by atoms with Crippen molar-refractivity contribution >= 4 is 32.4 Å². The highest BCUT2D eigenvalue weighted by molar-refractivity contribution is 7.91. The fourth-order valence-corrected chi connectivity index (χ4v) is 2.97. The maximum Gasteiger partial charge on any atom is 0.341 e. The summed E-state index contributed by atoms with van der Waals surface area (Å²) >= 11 is 0. The average Bonchev–Trinajstić information content (AvgIpc) is 2.98. The summed E-state index contributed by atoms with van der Waals surface area (Å²) in [5, 5.41) is 7.11. The second-order valence-electron chi connectivity index (χ2n) is 5.18. The number of aromatic nitrogens is 1. The van der Waals surface area contributed by atoms with Gasteiger partial charge >= 0.3 is 5.76 Å². The standard InChI is InChI=1S/C16H12F2N2O4S/c17-16(18)25(22,23)11-7-5-10(6-8-11)19-15(21)9-13-12-3-1-2-4-14(12)24-20-13/h1-8,16H,9H2,(H,19,21). The quantitative estimate of drug-likeness (QED) is 0.750. The van der Waals surface area contributed by atoms with Gasteiger partial charge in [0.25, 0.3) is 0 Å². The maximum absolute atomic E-state index is 12.5. The van der Waals surface area contributed by atoms with Gasteiger partial charge in [0.05, 0.1) is 11.3 Å². The molecule has 0 fully saturated rings. The molecule has 1 amide bonds. The summed E-state index contributed by atoms with van der Waals surface area (Å²) in [6, 6.07) is 11.6. The molecule has 1 heterocycles. The monoisotopic (exact) mass is 366 g/mol. The van der Waals surface area contributed by atoms with Crippen LogP contribution in [0, 0.1) is 0 Å². The van der Waals surface area contributed by atoms with Gasteiger partial charge in [0.2, 0.25) is 15.7 Å². The van der Waals surface area contributed by atoms with Crippen molar-refractivity contribution in [2.75, 3.05) is 5.32 Å². The van der Waals surface area contributed by atoms with E-state index in [4.69, 9.17) is 4.52 Å². The summed E-state index contributed by atoms with van der Waals surface area (Å²) in [7, 11) is -4.66. The molecule has 0 bridgehead atoms. The molecule has 9 heteroatoms. The zero-order valence-corrected chi connectivity index (χ0v) is 13.5. The number of amides is 1. The van der Waals surface area contributed by atoms with Gasteiger partial charge in [0.1, 0.15) is 5.69 Å². The van der Waals surface area contributed by atoms with Crippen molar-refractivity contribution < 1.29 is 26.5 Å². The first kappa shape index (κ1) is 17.0. The number of anilines is 1. The Kier molecular flexibility index (Phi) is 4.49. The SMILES string of the molecule is O=C(Cc1noc2ccccc12)Nc1ccc(S(=O)(=O)C(F)F)cc1. The number of nitrogens with zero attached hydrogens (tertiary/aromatic N) is 1. The van der Waals surface area contributed by atoms with Crippen LogP contribution >= 0.6 is 0 Å². The fourth-order valence-electron chi connectivity index (χ4n) is 2.25. The second kappa shape index (κ2) is 6.60. The Balaban J connectivity index is 1.71. The smallest absolute Gasteiger partial charge is 0.341 e. The van der Waals surface area contributed by atoms with Crippen LogP contribution in [-0.2, 0) is 21.1 Å². The Labute approximate surface area is 141 Å². The molecule has 0 unspecified atom stereocenters. The molecular formula is C16H12F2N2O4S. The Morgan fingerprint density at radius 3 is 2.48 bits per heavy atom. The molecule has 2 aromatic carbocycles. The fraction of sp³-hybridized carbons (Fsp3) is 0.125. The van der Waals surface area contributed by atoms with Crippen LogP contribution in [0.4, 0.5) is 14.5 Å². The molecule has 0 spiro atoms. The molecule has 6 nitrogen and oxygen atoms in total. The van der Waals surface area contributed by atoms with Crippen molar-refractivity contribution in [3.63, 3.8) is 0 Å². The minimum atomic E-state index is -4.66. The van der Waals surface area contributed by atoms with E-state index in [-0.39, 0.29) is 12.1 Å². The zero-order chi connectivity index (χ0) is 18.0. The van der Waals surface area contributed by atoms with Gasteiger partial charge in [0.15, 0.2) is 5.58 Å². The number of rotatable bonds is 5. The molecule has 0 atom stereocenters. The number of para-hydroxylation sites is 1. The third kappa shape index (κ3) is 3.50. The summed E-state index contributed by atoms with van der Waals surface area (Å²) < 4.78 is 52.7. The summed E-state index contributed by atoms with van der Waals surface area (Å²) in [4.78, 5) is 11.6. The number of sulfone groups is 1. The van der Waals surface area contributed by atoms with Crippen LogP contribution in [0.5, 0.6) is 0 Å². The van der Waals surface area contributed by atoms with E-state index in [2.05, 4.69) is 10.5 Å². The normalized spacial score (nSPS) is 11.8. The topological polar surface area (TPSA) is 89.3 Å². The Morgan fingerprint density at radius 2 is 1.80 bits per heavy atom. The molecule has 3 rings (SSSR count).